The minimum atomic E-state index is 1.24. The predicted molar refractivity (Wildman–Crippen MR) is 338 cm³/mol. The van der Waals surface area contributed by atoms with E-state index in [1.54, 1.807) is 0 Å². The third-order valence-corrected chi connectivity index (χ3v) is 18.7. The molecule has 17 aromatic carbocycles. The standard InChI is InChI=1S/C78H48/c1-41-17-13-18-42(2)64(41)73-49-28-12-11-27-48(49)67(46-21-7-5-8-22-46)74-56-35-31-52-55-34-38-59-72-57(36-32-53(70(55)72)54-33-37-58(76(73)74)71(56)69(52)54)75-68(47-23-9-6-10-24-47)62-39-60-50-29-15-25-45-26-16-30-51(66(45)50)61(60)40-63(62)78(77(59)75)65-43(3)19-14-20-44(65)4/h5-40H,1-4H3. The highest BCUT2D eigenvalue weighted by Gasteiger charge is 2.34. The van der Waals surface area contributed by atoms with Gasteiger partial charge in [-0.05, 0) is 247 Å². The number of aryl methyl sites for hydroxylation is 4. The van der Waals surface area contributed by atoms with E-state index in [0.717, 1.165) is 0 Å². The molecule has 0 saturated heterocycles. The summed E-state index contributed by atoms with van der Waals surface area (Å²) in [6, 6.07) is 83.9. The van der Waals surface area contributed by atoms with Crippen molar-refractivity contribution < 1.29 is 0 Å². The fourth-order valence-electron chi connectivity index (χ4n) is 15.8. The molecule has 0 heterocycles. The Bertz CT molecular complexity index is 5440. The maximum Gasteiger partial charge on any atom is -0.000720 e. The Kier molecular flexibility index (Phi) is 8.23. The molecule has 0 radical (unpaired) electrons. The van der Waals surface area contributed by atoms with Crippen LogP contribution in [-0.2, 0) is 0 Å². The predicted octanol–water partition coefficient (Wildman–Crippen LogP) is 22.2. The van der Waals surface area contributed by atoms with Crippen molar-refractivity contribution in [1.29, 1.82) is 0 Å². The highest BCUT2D eigenvalue weighted by molar-refractivity contribution is 6.48. The maximum absolute atomic E-state index is 2.57. The Morgan fingerprint density at radius 3 is 1.10 bits per heavy atom. The van der Waals surface area contributed by atoms with Crippen molar-refractivity contribution in [1.82, 2.24) is 0 Å². The van der Waals surface area contributed by atoms with E-state index in [2.05, 4.69) is 246 Å². The molecule has 0 unspecified atom stereocenters. The van der Waals surface area contributed by atoms with Gasteiger partial charge in [-0.2, -0.15) is 0 Å². The van der Waals surface area contributed by atoms with Gasteiger partial charge in [-0.15, -0.1) is 0 Å². The molecule has 0 heteroatoms. The second-order valence-electron chi connectivity index (χ2n) is 22.6. The molecule has 0 fully saturated rings. The van der Waals surface area contributed by atoms with E-state index in [-0.39, 0.29) is 0 Å². The summed E-state index contributed by atoms with van der Waals surface area (Å²) in [6.45, 7) is 9.21. The van der Waals surface area contributed by atoms with Crippen LogP contribution in [0, 0.1) is 27.7 Å². The third-order valence-electron chi connectivity index (χ3n) is 18.7. The molecule has 0 aliphatic heterocycles. The lowest BCUT2D eigenvalue weighted by molar-refractivity contribution is 1.39. The Morgan fingerprint density at radius 2 is 0.551 bits per heavy atom. The zero-order valence-electron chi connectivity index (χ0n) is 43.8. The summed E-state index contributed by atoms with van der Waals surface area (Å²) in [4.78, 5) is 0. The number of benzene rings is 15. The van der Waals surface area contributed by atoms with Gasteiger partial charge in [-0.25, -0.2) is 0 Å². The van der Waals surface area contributed by atoms with Crippen LogP contribution in [0.1, 0.15) is 22.3 Å². The Hall–Kier alpha value is -9.62. The first kappa shape index (κ1) is 42.6. The van der Waals surface area contributed by atoms with Gasteiger partial charge in [0.2, 0.25) is 0 Å². The molecule has 0 nitrogen and oxygen atoms in total. The van der Waals surface area contributed by atoms with E-state index in [4.69, 9.17) is 0 Å². The smallest absolute Gasteiger partial charge is 0.000720 e. The van der Waals surface area contributed by atoms with Crippen LogP contribution in [0.4, 0.5) is 0 Å². The first-order valence-electron chi connectivity index (χ1n) is 27.7. The van der Waals surface area contributed by atoms with Crippen molar-refractivity contribution in [2.75, 3.05) is 0 Å². The molecule has 0 atom stereocenters. The normalized spacial score (nSPS) is 12.6. The Labute approximate surface area is 451 Å². The molecule has 0 amide bonds. The summed E-state index contributed by atoms with van der Waals surface area (Å²) in [5.41, 5.74) is 21.0. The molecule has 1 aliphatic carbocycles. The summed E-state index contributed by atoms with van der Waals surface area (Å²) < 4.78 is 0. The highest BCUT2D eigenvalue weighted by Crippen LogP contribution is 2.62. The van der Waals surface area contributed by atoms with Gasteiger partial charge < -0.3 is 0 Å². The second kappa shape index (κ2) is 15.1. The number of hydrogen-bond donors (Lipinski definition) is 0. The molecule has 0 N–H and O–H groups in total. The first-order chi connectivity index (χ1) is 38.4. The summed E-state index contributed by atoms with van der Waals surface area (Å²) in [5, 5.41) is 29.2. The SMILES string of the molecule is Cc1cccc(C)c1-c1c2c(c(-c3ccccc3)c3ccccc13)-c1ccc3c4ccc5c6c(-c7c(C)cccc7C)c7cc8c(cc7c(-c7ccccc7)c6c6ccc(c7ccc-2c1c73)c4c65)c1cccc2cccc8c21. The number of fused-ring (bicyclic) bond motifs is 13. The van der Waals surface area contributed by atoms with Crippen LogP contribution in [0.25, 0.3) is 185 Å². The summed E-state index contributed by atoms with van der Waals surface area (Å²) >= 11 is 0. The van der Waals surface area contributed by atoms with E-state index < -0.39 is 0 Å². The van der Waals surface area contributed by atoms with Gasteiger partial charge in [-0.3, -0.25) is 0 Å². The van der Waals surface area contributed by atoms with Crippen molar-refractivity contribution in [3.05, 3.63) is 241 Å². The third kappa shape index (κ3) is 5.21. The largest absolute Gasteiger partial charge is 0.0622 e. The fourth-order valence-corrected chi connectivity index (χ4v) is 15.8. The van der Waals surface area contributed by atoms with Crippen molar-refractivity contribution in [2.45, 2.75) is 27.7 Å². The van der Waals surface area contributed by atoms with Crippen LogP contribution in [0.5, 0.6) is 0 Å². The molecule has 0 bridgehead atoms. The van der Waals surface area contributed by atoms with Gasteiger partial charge in [0.1, 0.15) is 0 Å². The van der Waals surface area contributed by atoms with E-state index >= 15 is 0 Å². The second-order valence-corrected chi connectivity index (χ2v) is 22.6. The van der Waals surface area contributed by atoms with Crippen LogP contribution < -0.4 is 0 Å². The molecule has 0 spiro atoms. The van der Waals surface area contributed by atoms with Crippen LogP contribution in [-0.4, -0.2) is 0 Å². The minimum absolute atomic E-state index is 1.24. The van der Waals surface area contributed by atoms with Gasteiger partial charge in [0.25, 0.3) is 0 Å². The van der Waals surface area contributed by atoms with Gasteiger partial charge in [0, 0.05) is 0 Å². The van der Waals surface area contributed by atoms with Crippen molar-refractivity contribution in [2.24, 2.45) is 0 Å². The molecule has 17 aromatic rings. The zero-order valence-corrected chi connectivity index (χ0v) is 43.8. The van der Waals surface area contributed by atoms with E-state index in [0.29, 0.717) is 0 Å². The van der Waals surface area contributed by atoms with Gasteiger partial charge in [-0.1, -0.05) is 206 Å². The average Bonchev–Trinajstić information content (AvgIpc) is 3.00. The molecular formula is C78H48. The Balaban J connectivity index is 1.02. The van der Waals surface area contributed by atoms with Crippen LogP contribution in [0.15, 0.2) is 218 Å². The van der Waals surface area contributed by atoms with Crippen molar-refractivity contribution in [3.63, 3.8) is 0 Å². The molecular weight excluding hydrogens is 937 g/mol. The van der Waals surface area contributed by atoms with Crippen LogP contribution >= 0.6 is 0 Å². The van der Waals surface area contributed by atoms with Crippen LogP contribution in [0.3, 0.4) is 0 Å². The van der Waals surface area contributed by atoms with Crippen molar-refractivity contribution >= 4 is 118 Å². The van der Waals surface area contributed by atoms with Gasteiger partial charge in [0.15, 0.2) is 0 Å². The number of hydrogen-bond acceptors (Lipinski definition) is 0. The lowest BCUT2D eigenvalue weighted by Crippen LogP contribution is -1.96. The van der Waals surface area contributed by atoms with Gasteiger partial charge in [0.05, 0.1) is 0 Å². The first-order valence-corrected chi connectivity index (χ1v) is 27.7. The minimum Gasteiger partial charge on any atom is -0.0622 e. The van der Waals surface area contributed by atoms with E-state index in [1.807, 2.05) is 0 Å². The highest BCUT2D eigenvalue weighted by atomic mass is 14.4. The van der Waals surface area contributed by atoms with Crippen LogP contribution in [0.2, 0.25) is 0 Å². The molecule has 1 aliphatic rings. The summed E-state index contributed by atoms with van der Waals surface area (Å²) in [6.07, 6.45) is 0. The van der Waals surface area contributed by atoms with Gasteiger partial charge >= 0.3 is 0 Å². The maximum atomic E-state index is 2.57. The lowest BCUT2D eigenvalue weighted by atomic mass is 9.80. The van der Waals surface area contributed by atoms with E-state index in [9.17, 15) is 0 Å². The lowest BCUT2D eigenvalue weighted by Gasteiger charge is -2.22. The monoisotopic (exact) mass is 984 g/mol. The average molecular weight is 985 g/mol. The fraction of sp³-hybridized carbons (Fsp3) is 0.0513. The zero-order chi connectivity index (χ0) is 51.4. The molecule has 18 rings (SSSR count). The summed E-state index contributed by atoms with van der Waals surface area (Å²) in [7, 11) is 0. The van der Waals surface area contributed by atoms with E-state index in [1.165, 1.54) is 208 Å². The molecule has 0 aromatic heterocycles. The topological polar surface area (TPSA) is 0 Å². The number of rotatable bonds is 4. The summed E-state index contributed by atoms with van der Waals surface area (Å²) in [5.74, 6) is 0. The quantitative estimate of drug-likeness (QED) is 0.122. The Morgan fingerprint density at radius 1 is 0.179 bits per heavy atom. The molecule has 78 heavy (non-hydrogen) atoms. The van der Waals surface area contributed by atoms with Crippen molar-refractivity contribution in [3.8, 4) is 66.8 Å². The molecule has 0 saturated carbocycles. The molecule has 360 valence electrons.